The average molecular weight is 342 g/mol. The first-order chi connectivity index (χ1) is 6.93. The van der Waals surface area contributed by atoms with Gasteiger partial charge >= 0.3 is 0 Å². The van der Waals surface area contributed by atoms with Crippen LogP contribution in [0.15, 0.2) is 4.99 Å². The number of hydrogen-bond acceptors (Lipinski definition) is 2. The molecule has 0 aliphatic rings. The minimum atomic E-state index is -0.0522. The maximum Gasteiger partial charge on any atom is 0.243 e. The van der Waals surface area contributed by atoms with Crippen molar-refractivity contribution in [2.75, 3.05) is 27.2 Å². The van der Waals surface area contributed by atoms with Crippen LogP contribution in [0.3, 0.4) is 0 Å². The number of carbonyl (C=O) groups excluding carboxylic acids is 1. The van der Waals surface area contributed by atoms with E-state index in [4.69, 9.17) is 5.73 Å². The molecule has 0 heterocycles. The highest BCUT2D eigenvalue weighted by Gasteiger charge is 2.02. The maximum atomic E-state index is 11.2. The van der Waals surface area contributed by atoms with E-state index in [1.165, 1.54) is 4.90 Å². The SMILES string of the molecule is CC(C)CCNC(N)=NCC(=O)N(C)C.I. The topological polar surface area (TPSA) is 70.7 Å². The van der Waals surface area contributed by atoms with E-state index in [9.17, 15) is 4.79 Å². The molecule has 0 aliphatic carbocycles. The Kier molecular flexibility index (Phi) is 10.8. The summed E-state index contributed by atoms with van der Waals surface area (Å²) in [5, 5.41) is 2.97. The van der Waals surface area contributed by atoms with Gasteiger partial charge < -0.3 is 16.0 Å². The van der Waals surface area contributed by atoms with Gasteiger partial charge in [0, 0.05) is 20.6 Å². The summed E-state index contributed by atoms with van der Waals surface area (Å²) in [6, 6.07) is 0. The molecule has 0 aromatic rings. The lowest BCUT2D eigenvalue weighted by Crippen LogP contribution is -2.34. The van der Waals surface area contributed by atoms with Crippen LogP contribution in [0.4, 0.5) is 0 Å². The molecule has 0 aliphatic heterocycles. The number of likely N-dealkylation sites (N-methyl/N-ethyl adjacent to an activating group) is 1. The van der Waals surface area contributed by atoms with Gasteiger partial charge in [-0.3, -0.25) is 4.79 Å². The Morgan fingerprint density at radius 2 is 2.00 bits per heavy atom. The van der Waals surface area contributed by atoms with Crippen molar-refractivity contribution in [3.05, 3.63) is 0 Å². The lowest BCUT2D eigenvalue weighted by molar-refractivity contribution is -0.127. The van der Waals surface area contributed by atoms with Gasteiger partial charge in [-0.2, -0.15) is 0 Å². The van der Waals surface area contributed by atoms with Crippen molar-refractivity contribution in [2.24, 2.45) is 16.6 Å². The Morgan fingerprint density at radius 1 is 1.44 bits per heavy atom. The predicted molar refractivity (Wildman–Crippen MR) is 78.1 cm³/mol. The van der Waals surface area contributed by atoms with E-state index in [1.807, 2.05) is 0 Å². The van der Waals surface area contributed by atoms with Crippen molar-refractivity contribution in [3.63, 3.8) is 0 Å². The Morgan fingerprint density at radius 3 is 2.44 bits per heavy atom. The first kappa shape index (κ1) is 17.9. The fourth-order valence-electron chi connectivity index (χ4n) is 0.839. The van der Waals surface area contributed by atoms with E-state index in [2.05, 4.69) is 24.2 Å². The molecule has 0 aromatic heterocycles. The van der Waals surface area contributed by atoms with Crippen LogP contribution in [0.2, 0.25) is 0 Å². The van der Waals surface area contributed by atoms with Crippen LogP contribution in [0.5, 0.6) is 0 Å². The zero-order chi connectivity index (χ0) is 11.8. The molecule has 5 nitrogen and oxygen atoms in total. The number of guanidine groups is 1. The molecule has 0 saturated heterocycles. The standard InChI is InChI=1S/C10H22N4O.HI/c1-8(2)5-6-12-10(11)13-7-9(15)14(3)4;/h8H,5-7H2,1-4H3,(H3,11,12,13);1H. The van der Waals surface area contributed by atoms with Crippen LogP contribution in [0.1, 0.15) is 20.3 Å². The van der Waals surface area contributed by atoms with E-state index in [1.54, 1.807) is 14.1 Å². The molecule has 6 heteroatoms. The number of rotatable bonds is 5. The highest BCUT2D eigenvalue weighted by atomic mass is 127. The first-order valence-corrected chi connectivity index (χ1v) is 5.17. The molecule has 0 spiro atoms. The molecule has 16 heavy (non-hydrogen) atoms. The van der Waals surface area contributed by atoms with Gasteiger partial charge in [0.25, 0.3) is 0 Å². The van der Waals surface area contributed by atoms with Gasteiger partial charge in [-0.15, -0.1) is 24.0 Å². The number of halogens is 1. The Balaban J connectivity index is 0. The van der Waals surface area contributed by atoms with Crippen molar-refractivity contribution in [1.29, 1.82) is 0 Å². The Hall–Kier alpha value is -0.530. The average Bonchev–Trinajstić information content (AvgIpc) is 2.13. The normalized spacial score (nSPS) is 10.9. The second-order valence-electron chi connectivity index (χ2n) is 4.10. The van der Waals surface area contributed by atoms with Crippen molar-refractivity contribution < 1.29 is 4.79 Å². The molecule has 0 bridgehead atoms. The van der Waals surface area contributed by atoms with E-state index < -0.39 is 0 Å². The minimum Gasteiger partial charge on any atom is -0.370 e. The number of aliphatic imine (C=N–C) groups is 1. The molecule has 0 saturated carbocycles. The van der Waals surface area contributed by atoms with Crippen LogP contribution in [0.25, 0.3) is 0 Å². The lowest BCUT2D eigenvalue weighted by Gasteiger charge is -2.09. The predicted octanol–water partition coefficient (Wildman–Crippen LogP) is 0.643. The zero-order valence-electron chi connectivity index (χ0n) is 10.5. The Bertz CT molecular complexity index is 229. The van der Waals surface area contributed by atoms with Gasteiger partial charge in [0.05, 0.1) is 0 Å². The fraction of sp³-hybridized carbons (Fsp3) is 0.800. The van der Waals surface area contributed by atoms with Gasteiger partial charge in [-0.25, -0.2) is 4.99 Å². The molecule has 0 aromatic carbocycles. The lowest BCUT2D eigenvalue weighted by atomic mass is 10.1. The number of nitrogens with one attached hydrogen (secondary N) is 1. The molecule has 0 rings (SSSR count). The third kappa shape index (κ3) is 10.0. The largest absolute Gasteiger partial charge is 0.370 e. The molecule has 0 atom stereocenters. The van der Waals surface area contributed by atoms with Gasteiger partial charge in [0.2, 0.25) is 5.91 Å². The minimum absolute atomic E-state index is 0. The molecular formula is C10H23IN4O. The molecule has 96 valence electrons. The van der Waals surface area contributed by atoms with Crippen LogP contribution in [0, 0.1) is 5.92 Å². The van der Waals surface area contributed by atoms with Crippen LogP contribution < -0.4 is 11.1 Å². The van der Waals surface area contributed by atoms with Crippen molar-refractivity contribution in [3.8, 4) is 0 Å². The van der Waals surface area contributed by atoms with Crippen LogP contribution >= 0.6 is 24.0 Å². The van der Waals surface area contributed by atoms with Crippen molar-refractivity contribution in [2.45, 2.75) is 20.3 Å². The Labute approximate surface area is 115 Å². The van der Waals surface area contributed by atoms with Gasteiger partial charge in [-0.05, 0) is 12.3 Å². The monoisotopic (exact) mass is 342 g/mol. The van der Waals surface area contributed by atoms with Crippen molar-refractivity contribution in [1.82, 2.24) is 10.2 Å². The third-order valence-corrected chi connectivity index (χ3v) is 1.91. The number of hydrogen-bond donors (Lipinski definition) is 2. The summed E-state index contributed by atoms with van der Waals surface area (Å²) in [5.74, 6) is 0.920. The summed E-state index contributed by atoms with van der Waals surface area (Å²) in [7, 11) is 3.39. The number of nitrogens with two attached hydrogens (primary N) is 1. The molecular weight excluding hydrogens is 319 g/mol. The number of nitrogens with zero attached hydrogens (tertiary/aromatic N) is 2. The van der Waals surface area contributed by atoms with E-state index >= 15 is 0 Å². The van der Waals surface area contributed by atoms with E-state index in [-0.39, 0.29) is 36.4 Å². The van der Waals surface area contributed by atoms with Crippen molar-refractivity contribution >= 4 is 35.8 Å². The van der Waals surface area contributed by atoms with Crippen LogP contribution in [-0.4, -0.2) is 44.0 Å². The third-order valence-electron chi connectivity index (χ3n) is 1.91. The summed E-state index contributed by atoms with van der Waals surface area (Å²) in [5.41, 5.74) is 5.58. The fourth-order valence-corrected chi connectivity index (χ4v) is 0.839. The van der Waals surface area contributed by atoms with Gasteiger partial charge in [0.15, 0.2) is 5.96 Å². The van der Waals surface area contributed by atoms with Gasteiger partial charge in [-0.1, -0.05) is 13.8 Å². The van der Waals surface area contributed by atoms with E-state index in [0.29, 0.717) is 11.9 Å². The number of carbonyl (C=O) groups is 1. The molecule has 0 fully saturated rings. The zero-order valence-corrected chi connectivity index (χ0v) is 12.8. The van der Waals surface area contributed by atoms with Crippen LogP contribution in [-0.2, 0) is 4.79 Å². The molecule has 1 amide bonds. The summed E-state index contributed by atoms with van der Waals surface area (Å²) < 4.78 is 0. The maximum absolute atomic E-state index is 11.2. The highest BCUT2D eigenvalue weighted by Crippen LogP contribution is 1.95. The second kappa shape index (κ2) is 9.68. The smallest absolute Gasteiger partial charge is 0.243 e. The van der Waals surface area contributed by atoms with E-state index in [0.717, 1.165) is 13.0 Å². The molecule has 0 unspecified atom stereocenters. The molecule has 3 N–H and O–H groups in total. The molecule has 0 radical (unpaired) electrons. The number of amides is 1. The summed E-state index contributed by atoms with van der Waals surface area (Å²) in [4.78, 5) is 16.6. The summed E-state index contributed by atoms with van der Waals surface area (Å²) >= 11 is 0. The summed E-state index contributed by atoms with van der Waals surface area (Å²) in [6.07, 6.45) is 1.04. The highest BCUT2D eigenvalue weighted by molar-refractivity contribution is 14.0. The summed E-state index contributed by atoms with van der Waals surface area (Å²) in [6.45, 7) is 5.19. The second-order valence-corrected chi connectivity index (χ2v) is 4.10. The quantitative estimate of drug-likeness (QED) is 0.438. The van der Waals surface area contributed by atoms with Gasteiger partial charge in [0.1, 0.15) is 6.54 Å². The first-order valence-electron chi connectivity index (χ1n) is 5.17.